The van der Waals surface area contributed by atoms with E-state index in [1.54, 1.807) is 0 Å². The SMILES string of the molecule is CCC[C@@](C#N)(CCCN1CCC(N(C(=O)c2ccc(C(C)(O)C(F)(F)F)cc2)C2CC2)CC1)c1ccccc1. The van der Waals surface area contributed by atoms with Gasteiger partial charge in [0.1, 0.15) is 0 Å². The molecule has 1 unspecified atom stereocenters. The summed E-state index contributed by atoms with van der Waals surface area (Å²) in [7, 11) is 0. The molecule has 1 N–H and O–H groups in total. The van der Waals surface area contributed by atoms with E-state index in [0.29, 0.717) is 5.56 Å². The second kappa shape index (κ2) is 12.3. The average Bonchev–Trinajstić information content (AvgIpc) is 3.78. The van der Waals surface area contributed by atoms with Gasteiger partial charge >= 0.3 is 6.18 Å². The summed E-state index contributed by atoms with van der Waals surface area (Å²) in [5.74, 6) is -0.152. The van der Waals surface area contributed by atoms with Gasteiger partial charge in [0.2, 0.25) is 0 Å². The molecular weight excluding hydrogens is 515 g/mol. The van der Waals surface area contributed by atoms with Gasteiger partial charge in [0.05, 0.1) is 11.5 Å². The minimum absolute atomic E-state index is 0.0943. The minimum Gasteiger partial charge on any atom is -0.376 e. The lowest BCUT2D eigenvalue weighted by Crippen LogP contribution is -2.48. The lowest BCUT2D eigenvalue weighted by molar-refractivity contribution is -0.258. The van der Waals surface area contributed by atoms with Gasteiger partial charge in [-0.3, -0.25) is 4.79 Å². The molecule has 0 spiro atoms. The number of benzene rings is 2. The van der Waals surface area contributed by atoms with Gasteiger partial charge in [0, 0.05) is 30.7 Å². The minimum atomic E-state index is -4.81. The summed E-state index contributed by atoms with van der Waals surface area (Å²) in [6, 6.07) is 18.2. The van der Waals surface area contributed by atoms with Gasteiger partial charge in [-0.25, -0.2) is 0 Å². The smallest absolute Gasteiger partial charge is 0.376 e. The molecule has 2 aromatic rings. The molecule has 2 aromatic carbocycles. The van der Waals surface area contributed by atoms with Gasteiger partial charge < -0.3 is 14.9 Å². The van der Waals surface area contributed by atoms with Crippen molar-refractivity contribution < 1.29 is 23.1 Å². The average molecular weight is 556 g/mol. The third-order valence-corrected chi connectivity index (χ3v) is 8.67. The number of nitriles is 1. The van der Waals surface area contributed by atoms with Crippen LogP contribution in [0.3, 0.4) is 0 Å². The summed E-state index contributed by atoms with van der Waals surface area (Å²) in [4.78, 5) is 17.8. The van der Waals surface area contributed by atoms with Crippen molar-refractivity contribution in [3.63, 3.8) is 0 Å². The molecule has 1 aliphatic heterocycles. The normalized spacial score (nSPS) is 19.8. The number of piperidine rings is 1. The molecule has 4 rings (SSSR count). The number of carbonyl (C=O) groups is 1. The topological polar surface area (TPSA) is 67.6 Å². The van der Waals surface area contributed by atoms with E-state index in [1.807, 2.05) is 23.1 Å². The van der Waals surface area contributed by atoms with E-state index in [2.05, 4.69) is 30.0 Å². The Hall–Kier alpha value is -2.89. The summed E-state index contributed by atoms with van der Waals surface area (Å²) < 4.78 is 39.7. The molecule has 2 fully saturated rings. The number of amides is 1. The molecule has 1 saturated heterocycles. The third kappa shape index (κ3) is 6.53. The number of aliphatic hydroxyl groups is 1. The highest BCUT2D eigenvalue weighted by molar-refractivity contribution is 5.95. The summed E-state index contributed by atoms with van der Waals surface area (Å²) in [6.45, 7) is 5.48. The molecule has 0 radical (unpaired) electrons. The van der Waals surface area contributed by atoms with Crippen LogP contribution in [0.4, 0.5) is 13.2 Å². The van der Waals surface area contributed by atoms with Crippen LogP contribution < -0.4 is 0 Å². The van der Waals surface area contributed by atoms with E-state index < -0.39 is 17.2 Å². The fourth-order valence-corrected chi connectivity index (χ4v) is 6.03. The molecule has 2 atom stereocenters. The Bertz CT molecular complexity index is 1160. The molecule has 1 amide bonds. The van der Waals surface area contributed by atoms with Crippen molar-refractivity contribution >= 4 is 5.91 Å². The largest absolute Gasteiger partial charge is 0.421 e. The number of nitrogens with zero attached hydrogens (tertiary/aromatic N) is 3. The van der Waals surface area contributed by atoms with Crippen LogP contribution in [0.25, 0.3) is 0 Å². The van der Waals surface area contributed by atoms with E-state index in [4.69, 9.17) is 0 Å². The number of hydrogen-bond acceptors (Lipinski definition) is 4. The van der Waals surface area contributed by atoms with Crippen LogP contribution >= 0.6 is 0 Å². The monoisotopic (exact) mass is 555 g/mol. The summed E-state index contributed by atoms with van der Waals surface area (Å²) in [5, 5.41) is 20.1. The van der Waals surface area contributed by atoms with E-state index in [9.17, 15) is 28.3 Å². The lowest BCUT2D eigenvalue weighted by Gasteiger charge is -2.39. The first-order valence-electron chi connectivity index (χ1n) is 14.4. The highest BCUT2D eigenvalue weighted by Gasteiger charge is 2.51. The van der Waals surface area contributed by atoms with E-state index in [0.717, 1.165) is 83.5 Å². The van der Waals surface area contributed by atoms with Crippen molar-refractivity contribution in [3.8, 4) is 6.07 Å². The Morgan fingerprint density at radius 3 is 2.10 bits per heavy atom. The van der Waals surface area contributed by atoms with Crippen LogP contribution in [-0.4, -0.2) is 58.7 Å². The first-order valence-corrected chi connectivity index (χ1v) is 14.4. The second-order valence-electron chi connectivity index (χ2n) is 11.6. The van der Waals surface area contributed by atoms with Crippen molar-refractivity contribution in [1.82, 2.24) is 9.80 Å². The van der Waals surface area contributed by atoms with Crippen molar-refractivity contribution in [2.45, 2.75) is 94.5 Å². The van der Waals surface area contributed by atoms with Crippen LogP contribution in [0.2, 0.25) is 0 Å². The van der Waals surface area contributed by atoms with E-state index in [1.165, 1.54) is 24.3 Å². The predicted molar refractivity (Wildman–Crippen MR) is 149 cm³/mol. The molecule has 0 aromatic heterocycles. The Morgan fingerprint density at radius 1 is 0.975 bits per heavy atom. The highest BCUT2D eigenvalue weighted by Crippen LogP contribution is 2.39. The molecule has 1 aliphatic carbocycles. The molecule has 5 nitrogen and oxygen atoms in total. The zero-order valence-corrected chi connectivity index (χ0v) is 23.5. The Kier molecular flexibility index (Phi) is 9.26. The lowest BCUT2D eigenvalue weighted by atomic mass is 9.74. The van der Waals surface area contributed by atoms with Gasteiger partial charge in [0.15, 0.2) is 5.60 Å². The van der Waals surface area contributed by atoms with Gasteiger partial charge in [-0.15, -0.1) is 0 Å². The number of carbonyl (C=O) groups excluding carboxylic acids is 1. The quantitative estimate of drug-likeness (QED) is 0.341. The van der Waals surface area contributed by atoms with Gasteiger partial charge in [-0.05, 0) is 81.7 Å². The molecule has 1 saturated carbocycles. The van der Waals surface area contributed by atoms with Gasteiger partial charge in [-0.1, -0.05) is 55.8 Å². The van der Waals surface area contributed by atoms with Crippen LogP contribution in [0.1, 0.15) is 86.7 Å². The summed E-state index contributed by atoms with van der Waals surface area (Å²) >= 11 is 0. The van der Waals surface area contributed by atoms with Crippen LogP contribution in [0.15, 0.2) is 54.6 Å². The van der Waals surface area contributed by atoms with Crippen LogP contribution in [-0.2, 0) is 11.0 Å². The Balaban J connectivity index is 1.34. The molecular formula is C32H40F3N3O2. The molecule has 40 heavy (non-hydrogen) atoms. The molecule has 0 bridgehead atoms. The van der Waals surface area contributed by atoms with Gasteiger partial charge in [0.25, 0.3) is 5.91 Å². The van der Waals surface area contributed by atoms with Gasteiger partial charge in [-0.2, -0.15) is 18.4 Å². The van der Waals surface area contributed by atoms with Crippen molar-refractivity contribution in [2.75, 3.05) is 19.6 Å². The Labute approximate surface area is 235 Å². The number of likely N-dealkylation sites (tertiary alicyclic amines) is 1. The molecule has 216 valence electrons. The number of rotatable bonds is 11. The number of hydrogen-bond donors (Lipinski definition) is 1. The second-order valence-corrected chi connectivity index (χ2v) is 11.6. The fourth-order valence-electron chi connectivity index (χ4n) is 6.03. The first kappa shape index (κ1) is 30.1. The van der Waals surface area contributed by atoms with E-state index >= 15 is 0 Å². The van der Waals surface area contributed by atoms with E-state index in [-0.39, 0.29) is 23.6 Å². The standard InChI is InChI=1S/C32H40F3N3O2/c1-3-18-31(23-36,26-8-5-4-6-9-26)19-7-20-37-21-16-28(17-22-37)38(27-14-15-27)29(39)24-10-12-25(13-11-24)30(2,40)32(33,34)35/h4-6,8-13,27-28,40H,3,7,14-22H2,1-2H3/t30?,31-/m0/s1. The fraction of sp³-hybridized carbons (Fsp3) is 0.562. The Morgan fingerprint density at radius 2 is 1.57 bits per heavy atom. The number of halogens is 3. The molecule has 8 heteroatoms. The summed E-state index contributed by atoms with van der Waals surface area (Å²) in [6.07, 6.45) is 2.30. The van der Waals surface area contributed by atoms with Crippen molar-refractivity contribution in [2.24, 2.45) is 0 Å². The highest BCUT2D eigenvalue weighted by atomic mass is 19.4. The summed E-state index contributed by atoms with van der Waals surface area (Å²) in [5.41, 5.74) is -2.28. The predicted octanol–water partition coefficient (Wildman–Crippen LogP) is 6.57. The maximum absolute atomic E-state index is 13.5. The number of alkyl halides is 3. The van der Waals surface area contributed by atoms with Crippen molar-refractivity contribution in [1.29, 1.82) is 5.26 Å². The zero-order chi connectivity index (χ0) is 29.0. The van der Waals surface area contributed by atoms with Crippen LogP contribution in [0.5, 0.6) is 0 Å². The zero-order valence-electron chi connectivity index (χ0n) is 23.5. The first-order chi connectivity index (χ1) is 19.0. The maximum atomic E-state index is 13.5. The third-order valence-electron chi connectivity index (χ3n) is 8.67. The van der Waals surface area contributed by atoms with Crippen LogP contribution in [0, 0.1) is 11.3 Å². The molecule has 1 heterocycles. The maximum Gasteiger partial charge on any atom is 0.421 e. The van der Waals surface area contributed by atoms with Crippen molar-refractivity contribution in [3.05, 3.63) is 71.3 Å². The molecule has 2 aliphatic rings.